The summed E-state index contributed by atoms with van der Waals surface area (Å²) in [6.07, 6.45) is 5.26. The molecule has 0 spiro atoms. The van der Waals surface area contributed by atoms with Crippen LogP contribution < -0.4 is 16.0 Å². The first kappa shape index (κ1) is 15.0. The Labute approximate surface area is 130 Å². The van der Waals surface area contributed by atoms with Crippen LogP contribution in [-0.2, 0) is 4.79 Å². The van der Waals surface area contributed by atoms with E-state index in [9.17, 15) is 9.59 Å². The molecule has 0 aromatic heterocycles. The number of hydrogen-bond acceptors (Lipinski definition) is 3. The number of benzene rings is 1. The number of carbonyl (C=O) groups excluding carboxylic acids is 2. The molecule has 2 unspecified atom stereocenters. The highest BCUT2D eigenvalue weighted by molar-refractivity contribution is 5.97. The van der Waals surface area contributed by atoms with Gasteiger partial charge in [-0.05, 0) is 49.8 Å². The molecule has 3 N–H and O–H groups in total. The Morgan fingerprint density at radius 3 is 2.64 bits per heavy atom. The molecule has 2 atom stereocenters. The SMILES string of the molecule is CNC(=O)c1cccc(NC(=O)CC2CC3CCC(C2)N3)c1. The number of fused-ring (bicyclic) bond motifs is 2. The molecule has 3 rings (SSSR count). The van der Waals surface area contributed by atoms with Crippen LogP contribution in [0.15, 0.2) is 24.3 Å². The lowest BCUT2D eigenvalue weighted by molar-refractivity contribution is -0.117. The average Bonchev–Trinajstić information content (AvgIpc) is 2.85. The summed E-state index contributed by atoms with van der Waals surface area (Å²) < 4.78 is 0. The molecule has 0 radical (unpaired) electrons. The molecule has 2 aliphatic heterocycles. The van der Waals surface area contributed by atoms with Crippen LogP contribution in [0.3, 0.4) is 0 Å². The van der Waals surface area contributed by atoms with Crippen LogP contribution in [0.4, 0.5) is 5.69 Å². The van der Waals surface area contributed by atoms with Crippen LogP contribution in [0, 0.1) is 5.92 Å². The molecule has 5 heteroatoms. The average molecular weight is 301 g/mol. The fraction of sp³-hybridized carbons (Fsp3) is 0.529. The fourth-order valence-electron chi connectivity index (χ4n) is 3.70. The van der Waals surface area contributed by atoms with Gasteiger partial charge in [-0.2, -0.15) is 0 Å². The van der Waals surface area contributed by atoms with Gasteiger partial charge in [0.1, 0.15) is 0 Å². The lowest BCUT2D eigenvalue weighted by Crippen LogP contribution is -2.39. The predicted molar refractivity (Wildman–Crippen MR) is 85.7 cm³/mol. The summed E-state index contributed by atoms with van der Waals surface area (Å²) in [5.41, 5.74) is 1.24. The van der Waals surface area contributed by atoms with Crippen molar-refractivity contribution in [1.82, 2.24) is 10.6 Å². The van der Waals surface area contributed by atoms with Crippen molar-refractivity contribution in [2.45, 2.75) is 44.2 Å². The summed E-state index contributed by atoms with van der Waals surface area (Å²) in [7, 11) is 1.60. The molecule has 1 aromatic carbocycles. The maximum Gasteiger partial charge on any atom is 0.251 e. The number of anilines is 1. The van der Waals surface area contributed by atoms with Crippen molar-refractivity contribution in [3.05, 3.63) is 29.8 Å². The first-order valence-electron chi connectivity index (χ1n) is 8.02. The quantitative estimate of drug-likeness (QED) is 0.795. The van der Waals surface area contributed by atoms with Gasteiger partial charge in [-0.1, -0.05) is 6.07 Å². The number of amides is 2. The molecule has 0 saturated carbocycles. The number of piperidine rings is 1. The van der Waals surface area contributed by atoms with E-state index >= 15 is 0 Å². The second kappa shape index (κ2) is 6.48. The van der Waals surface area contributed by atoms with Gasteiger partial charge in [0.2, 0.25) is 5.91 Å². The number of hydrogen-bond donors (Lipinski definition) is 3. The summed E-state index contributed by atoms with van der Waals surface area (Å²) in [4.78, 5) is 23.8. The van der Waals surface area contributed by atoms with Crippen LogP contribution in [-0.4, -0.2) is 30.9 Å². The number of carbonyl (C=O) groups is 2. The van der Waals surface area contributed by atoms with Crippen molar-refractivity contribution in [3.63, 3.8) is 0 Å². The summed E-state index contributed by atoms with van der Waals surface area (Å²) in [6, 6.07) is 8.25. The van der Waals surface area contributed by atoms with Crippen LogP contribution >= 0.6 is 0 Å². The fourth-order valence-corrected chi connectivity index (χ4v) is 3.70. The molecule has 22 heavy (non-hydrogen) atoms. The minimum atomic E-state index is -0.147. The van der Waals surface area contributed by atoms with Crippen LogP contribution in [0.2, 0.25) is 0 Å². The molecule has 5 nitrogen and oxygen atoms in total. The molecule has 2 heterocycles. The number of nitrogens with one attached hydrogen (secondary N) is 3. The first-order chi connectivity index (χ1) is 10.6. The van der Waals surface area contributed by atoms with E-state index in [-0.39, 0.29) is 11.8 Å². The van der Waals surface area contributed by atoms with Crippen molar-refractivity contribution in [3.8, 4) is 0 Å². The minimum absolute atomic E-state index is 0.0420. The second-order valence-electron chi connectivity index (χ2n) is 6.39. The third-order valence-corrected chi connectivity index (χ3v) is 4.68. The van der Waals surface area contributed by atoms with Crippen LogP contribution in [0.1, 0.15) is 42.5 Å². The predicted octanol–water partition coefficient (Wildman–Crippen LogP) is 1.91. The highest BCUT2D eigenvalue weighted by Gasteiger charge is 2.34. The van der Waals surface area contributed by atoms with Gasteiger partial charge in [0.15, 0.2) is 0 Å². The van der Waals surface area contributed by atoms with Crippen molar-refractivity contribution in [2.75, 3.05) is 12.4 Å². The molecule has 2 amide bonds. The molecule has 0 aliphatic carbocycles. The lowest BCUT2D eigenvalue weighted by Gasteiger charge is -2.28. The van der Waals surface area contributed by atoms with E-state index in [2.05, 4.69) is 16.0 Å². The molecule has 1 aromatic rings. The Morgan fingerprint density at radius 2 is 1.95 bits per heavy atom. The monoisotopic (exact) mass is 301 g/mol. The number of rotatable bonds is 4. The zero-order valence-corrected chi connectivity index (χ0v) is 12.9. The highest BCUT2D eigenvalue weighted by Crippen LogP contribution is 2.32. The van der Waals surface area contributed by atoms with Crippen molar-refractivity contribution in [2.24, 2.45) is 5.92 Å². The van der Waals surface area contributed by atoms with Gasteiger partial charge in [0, 0.05) is 36.8 Å². The minimum Gasteiger partial charge on any atom is -0.355 e. The van der Waals surface area contributed by atoms with Gasteiger partial charge in [0.25, 0.3) is 5.91 Å². The normalized spacial score (nSPS) is 26.5. The van der Waals surface area contributed by atoms with Gasteiger partial charge in [-0.3, -0.25) is 9.59 Å². The van der Waals surface area contributed by atoms with Crippen LogP contribution in [0.5, 0.6) is 0 Å². The molecular formula is C17H23N3O2. The first-order valence-corrected chi connectivity index (χ1v) is 8.02. The third-order valence-electron chi connectivity index (χ3n) is 4.68. The molecule has 2 aliphatic rings. The second-order valence-corrected chi connectivity index (χ2v) is 6.39. The summed E-state index contributed by atoms with van der Waals surface area (Å²) >= 11 is 0. The molecule has 118 valence electrons. The van der Waals surface area contributed by atoms with Gasteiger partial charge < -0.3 is 16.0 Å². The van der Waals surface area contributed by atoms with E-state index in [0.717, 1.165) is 12.8 Å². The Bertz CT molecular complexity index is 561. The zero-order valence-electron chi connectivity index (χ0n) is 12.9. The van der Waals surface area contributed by atoms with E-state index < -0.39 is 0 Å². The van der Waals surface area contributed by atoms with E-state index in [1.165, 1.54) is 12.8 Å². The molecule has 2 fully saturated rings. The van der Waals surface area contributed by atoms with Crippen molar-refractivity contribution >= 4 is 17.5 Å². The van der Waals surface area contributed by atoms with E-state index in [0.29, 0.717) is 35.7 Å². The van der Waals surface area contributed by atoms with Crippen LogP contribution in [0.25, 0.3) is 0 Å². The largest absolute Gasteiger partial charge is 0.355 e. The van der Waals surface area contributed by atoms with Gasteiger partial charge in [-0.25, -0.2) is 0 Å². The third kappa shape index (κ3) is 3.47. The van der Waals surface area contributed by atoms with E-state index in [1.807, 2.05) is 6.07 Å². The molecular weight excluding hydrogens is 278 g/mol. The summed E-state index contributed by atoms with van der Waals surface area (Å²) in [5, 5.41) is 9.10. The molecule has 2 saturated heterocycles. The van der Waals surface area contributed by atoms with E-state index in [4.69, 9.17) is 0 Å². The standard InChI is InChI=1S/C17H23N3O2/c1-18-17(22)12-3-2-4-13(10-12)20-16(21)9-11-7-14-5-6-15(8-11)19-14/h2-4,10-11,14-15,19H,5-9H2,1H3,(H,18,22)(H,20,21). The van der Waals surface area contributed by atoms with Gasteiger partial charge >= 0.3 is 0 Å². The Hall–Kier alpha value is -1.88. The summed E-state index contributed by atoms with van der Waals surface area (Å²) in [6.45, 7) is 0. The summed E-state index contributed by atoms with van der Waals surface area (Å²) in [5.74, 6) is 0.368. The Morgan fingerprint density at radius 1 is 1.23 bits per heavy atom. The highest BCUT2D eigenvalue weighted by atomic mass is 16.2. The van der Waals surface area contributed by atoms with E-state index in [1.54, 1.807) is 25.2 Å². The maximum absolute atomic E-state index is 12.2. The smallest absolute Gasteiger partial charge is 0.251 e. The van der Waals surface area contributed by atoms with Gasteiger partial charge in [-0.15, -0.1) is 0 Å². The lowest BCUT2D eigenvalue weighted by atomic mass is 9.89. The van der Waals surface area contributed by atoms with Gasteiger partial charge in [0.05, 0.1) is 0 Å². The zero-order chi connectivity index (χ0) is 15.5. The van der Waals surface area contributed by atoms with Crippen molar-refractivity contribution < 1.29 is 9.59 Å². The Kier molecular flexibility index (Phi) is 4.43. The van der Waals surface area contributed by atoms with Crippen molar-refractivity contribution in [1.29, 1.82) is 0 Å². The molecule has 2 bridgehead atoms. The topological polar surface area (TPSA) is 70.2 Å². The maximum atomic E-state index is 12.2. The Balaban J connectivity index is 1.56.